The van der Waals surface area contributed by atoms with Crippen molar-refractivity contribution < 1.29 is 18.7 Å². The minimum atomic E-state index is -0.647. The molecule has 0 spiro atoms. The molecule has 124 valence electrons. The normalized spacial score (nSPS) is 10.6. The number of nitrogens with one attached hydrogen (secondary N) is 1. The summed E-state index contributed by atoms with van der Waals surface area (Å²) < 4.78 is 18.2. The summed E-state index contributed by atoms with van der Waals surface area (Å²) in [5.74, 6) is -1.56. The second kappa shape index (κ2) is 8.84. The number of benzene rings is 2. The molecule has 0 fully saturated rings. The van der Waals surface area contributed by atoms with E-state index in [1.54, 1.807) is 48.5 Å². The van der Waals surface area contributed by atoms with Gasteiger partial charge >= 0.3 is 5.97 Å². The lowest BCUT2D eigenvalue weighted by Crippen LogP contribution is -2.28. The molecule has 0 aliphatic heterocycles. The number of hydrogen-bond acceptors (Lipinski definition) is 3. The molecule has 0 unspecified atom stereocenters. The van der Waals surface area contributed by atoms with Gasteiger partial charge < -0.3 is 10.1 Å². The number of amides is 1. The summed E-state index contributed by atoms with van der Waals surface area (Å²) in [6, 6.07) is 13.0. The summed E-state index contributed by atoms with van der Waals surface area (Å²) in [6.45, 7) is -0.401. The average Bonchev–Trinajstić information content (AvgIpc) is 2.58. The summed E-state index contributed by atoms with van der Waals surface area (Å²) in [5, 5.41) is 3.08. The van der Waals surface area contributed by atoms with E-state index in [1.165, 1.54) is 12.1 Å². The molecule has 0 saturated carbocycles. The van der Waals surface area contributed by atoms with E-state index >= 15 is 0 Å². The Labute approximate surface area is 143 Å². The Bertz CT molecular complexity index is 744. The van der Waals surface area contributed by atoms with Gasteiger partial charge in [-0.2, -0.15) is 0 Å². The predicted octanol–water partition coefficient (Wildman–Crippen LogP) is 3.35. The topological polar surface area (TPSA) is 55.4 Å². The molecule has 0 radical (unpaired) electrons. The monoisotopic (exact) mass is 347 g/mol. The minimum Gasteiger partial charge on any atom is -0.452 e. The first-order valence-electron chi connectivity index (χ1n) is 7.15. The second-order valence-corrected chi connectivity index (χ2v) is 5.30. The van der Waals surface area contributed by atoms with E-state index in [9.17, 15) is 14.0 Å². The number of halogens is 2. The Morgan fingerprint density at radius 2 is 1.83 bits per heavy atom. The largest absolute Gasteiger partial charge is 0.452 e. The fourth-order valence-corrected chi connectivity index (χ4v) is 1.94. The third-order valence-corrected chi connectivity index (χ3v) is 3.31. The van der Waals surface area contributed by atoms with Gasteiger partial charge in [0.1, 0.15) is 5.82 Å². The lowest BCUT2D eigenvalue weighted by Gasteiger charge is -2.06. The van der Waals surface area contributed by atoms with Crippen molar-refractivity contribution in [2.24, 2.45) is 0 Å². The standard InChI is InChI=1S/C18H15ClFNO3/c19-15-8-5-13(6-9-15)7-10-18(23)24-12-17(22)21-11-14-3-1-2-4-16(14)20/h1-10H,11-12H2,(H,21,22)/b10-7+. The fourth-order valence-electron chi connectivity index (χ4n) is 1.81. The van der Waals surface area contributed by atoms with Crippen molar-refractivity contribution in [2.45, 2.75) is 6.54 Å². The summed E-state index contributed by atoms with van der Waals surface area (Å²) in [6.07, 6.45) is 2.77. The minimum absolute atomic E-state index is 0.0314. The Morgan fingerprint density at radius 3 is 2.54 bits per heavy atom. The van der Waals surface area contributed by atoms with Crippen LogP contribution in [0, 0.1) is 5.82 Å². The van der Waals surface area contributed by atoms with Crippen molar-refractivity contribution in [3.8, 4) is 0 Å². The zero-order valence-corrected chi connectivity index (χ0v) is 13.4. The first kappa shape index (κ1) is 17.7. The molecule has 4 nitrogen and oxygen atoms in total. The highest BCUT2D eigenvalue weighted by Crippen LogP contribution is 2.10. The predicted molar refractivity (Wildman–Crippen MR) is 89.7 cm³/mol. The Hall–Kier alpha value is -2.66. The van der Waals surface area contributed by atoms with E-state index in [4.69, 9.17) is 16.3 Å². The van der Waals surface area contributed by atoms with Crippen LogP contribution in [0.2, 0.25) is 5.02 Å². The van der Waals surface area contributed by atoms with Gasteiger partial charge in [-0.25, -0.2) is 9.18 Å². The van der Waals surface area contributed by atoms with Gasteiger partial charge in [-0.3, -0.25) is 4.79 Å². The van der Waals surface area contributed by atoms with E-state index in [-0.39, 0.29) is 6.54 Å². The van der Waals surface area contributed by atoms with Gasteiger partial charge in [0.2, 0.25) is 0 Å². The van der Waals surface area contributed by atoms with E-state index in [2.05, 4.69) is 5.32 Å². The maximum Gasteiger partial charge on any atom is 0.331 e. The Balaban J connectivity index is 1.74. The molecular weight excluding hydrogens is 333 g/mol. The van der Waals surface area contributed by atoms with Crippen LogP contribution in [-0.4, -0.2) is 18.5 Å². The zero-order valence-electron chi connectivity index (χ0n) is 12.7. The summed E-state index contributed by atoms with van der Waals surface area (Å²) >= 11 is 5.76. The molecule has 2 rings (SSSR count). The quantitative estimate of drug-likeness (QED) is 0.644. The molecule has 0 aliphatic carbocycles. The van der Waals surface area contributed by atoms with Crippen molar-refractivity contribution in [3.05, 3.63) is 76.6 Å². The molecule has 24 heavy (non-hydrogen) atoms. The van der Waals surface area contributed by atoms with Gasteiger partial charge in [0, 0.05) is 23.2 Å². The van der Waals surface area contributed by atoms with Crippen LogP contribution in [0.3, 0.4) is 0 Å². The smallest absolute Gasteiger partial charge is 0.331 e. The van der Waals surface area contributed by atoms with Gasteiger partial charge in [0.25, 0.3) is 5.91 Å². The molecule has 1 amide bonds. The summed E-state index contributed by atoms with van der Waals surface area (Å²) in [4.78, 5) is 23.1. The van der Waals surface area contributed by atoms with Gasteiger partial charge in [-0.05, 0) is 29.8 Å². The average molecular weight is 348 g/mol. The van der Waals surface area contributed by atoms with Crippen molar-refractivity contribution in [1.29, 1.82) is 0 Å². The van der Waals surface area contributed by atoms with Crippen LogP contribution in [0.1, 0.15) is 11.1 Å². The van der Waals surface area contributed by atoms with Crippen LogP contribution < -0.4 is 5.32 Å². The van der Waals surface area contributed by atoms with Crippen LogP contribution in [0.4, 0.5) is 4.39 Å². The fraction of sp³-hybridized carbons (Fsp3) is 0.111. The van der Waals surface area contributed by atoms with Crippen LogP contribution in [0.5, 0.6) is 0 Å². The van der Waals surface area contributed by atoms with Crippen molar-refractivity contribution in [1.82, 2.24) is 5.32 Å². The summed E-state index contributed by atoms with van der Waals surface area (Å²) in [7, 11) is 0. The number of carbonyl (C=O) groups is 2. The number of ether oxygens (including phenoxy) is 1. The number of esters is 1. The molecule has 0 heterocycles. The second-order valence-electron chi connectivity index (χ2n) is 4.86. The van der Waals surface area contributed by atoms with E-state index < -0.39 is 24.3 Å². The third-order valence-electron chi connectivity index (χ3n) is 3.06. The molecule has 0 aromatic heterocycles. The van der Waals surface area contributed by atoms with E-state index in [1.807, 2.05) is 0 Å². The van der Waals surface area contributed by atoms with Gasteiger partial charge in [-0.1, -0.05) is 41.9 Å². The maximum absolute atomic E-state index is 13.4. The molecule has 6 heteroatoms. The van der Waals surface area contributed by atoms with Gasteiger partial charge in [0.05, 0.1) is 0 Å². The number of rotatable bonds is 6. The van der Waals surface area contributed by atoms with E-state index in [0.29, 0.717) is 10.6 Å². The number of carbonyl (C=O) groups excluding carboxylic acids is 2. The third kappa shape index (κ3) is 5.85. The molecule has 2 aromatic rings. The molecule has 2 aromatic carbocycles. The molecule has 1 N–H and O–H groups in total. The molecular formula is C18H15ClFNO3. The Kier molecular flexibility index (Phi) is 6.51. The van der Waals surface area contributed by atoms with Crippen molar-refractivity contribution >= 4 is 29.6 Å². The van der Waals surface area contributed by atoms with Gasteiger partial charge in [0.15, 0.2) is 6.61 Å². The zero-order chi connectivity index (χ0) is 17.4. The SMILES string of the molecule is O=C(COC(=O)/C=C/c1ccc(Cl)cc1)NCc1ccccc1F. The van der Waals surface area contributed by atoms with E-state index in [0.717, 1.165) is 5.56 Å². The Morgan fingerprint density at radius 1 is 1.12 bits per heavy atom. The highest BCUT2D eigenvalue weighted by Gasteiger charge is 2.06. The molecule has 0 bridgehead atoms. The molecule has 0 aliphatic rings. The van der Waals surface area contributed by atoms with Crippen molar-refractivity contribution in [2.75, 3.05) is 6.61 Å². The first-order chi connectivity index (χ1) is 11.5. The van der Waals surface area contributed by atoms with Crippen LogP contribution in [0.25, 0.3) is 6.08 Å². The summed E-state index contributed by atoms with van der Waals surface area (Å²) in [5.41, 5.74) is 1.14. The van der Waals surface area contributed by atoms with Crippen molar-refractivity contribution in [3.63, 3.8) is 0 Å². The van der Waals surface area contributed by atoms with Crippen LogP contribution in [-0.2, 0) is 20.9 Å². The molecule has 0 atom stereocenters. The highest BCUT2D eigenvalue weighted by atomic mass is 35.5. The molecule has 0 saturated heterocycles. The first-order valence-corrected chi connectivity index (χ1v) is 7.53. The number of hydrogen-bond donors (Lipinski definition) is 1. The highest BCUT2D eigenvalue weighted by molar-refractivity contribution is 6.30. The van der Waals surface area contributed by atoms with Crippen LogP contribution >= 0.6 is 11.6 Å². The lowest BCUT2D eigenvalue weighted by atomic mass is 10.2. The maximum atomic E-state index is 13.4. The van der Waals surface area contributed by atoms with Crippen LogP contribution in [0.15, 0.2) is 54.6 Å². The lowest BCUT2D eigenvalue weighted by molar-refractivity contribution is -0.143. The van der Waals surface area contributed by atoms with Gasteiger partial charge in [-0.15, -0.1) is 0 Å².